The minimum atomic E-state index is -0.130. The van der Waals surface area contributed by atoms with Gasteiger partial charge in [0.1, 0.15) is 0 Å². The Balaban J connectivity index is 2.01. The van der Waals surface area contributed by atoms with Gasteiger partial charge >= 0.3 is 0 Å². The van der Waals surface area contributed by atoms with Gasteiger partial charge in [0.05, 0.1) is 29.8 Å². The lowest BCUT2D eigenvalue weighted by Gasteiger charge is -2.17. The zero-order valence-corrected chi connectivity index (χ0v) is 11.9. The van der Waals surface area contributed by atoms with Crippen LogP contribution in [0.3, 0.4) is 0 Å². The van der Waals surface area contributed by atoms with Gasteiger partial charge in [-0.3, -0.25) is 4.79 Å². The molecule has 0 atom stereocenters. The quantitative estimate of drug-likeness (QED) is 0.789. The maximum atomic E-state index is 11.1. The molecule has 0 spiro atoms. The molecule has 3 heterocycles. The molecule has 0 N–H and O–H groups in total. The first-order valence-electron chi connectivity index (χ1n) is 6.68. The Morgan fingerprint density at radius 1 is 1.35 bits per heavy atom. The molecule has 0 aliphatic carbocycles. The number of nitrogens with zero attached hydrogens (tertiary/aromatic N) is 5. The highest BCUT2D eigenvalue weighted by molar-refractivity contribution is 6.00. The fourth-order valence-electron chi connectivity index (χ4n) is 2.59. The highest BCUT2D eigenvalue weighted by Crippen LogP contribution is 2.24. The number of aryl methyl sites for hydroxylation is 2. The van der Waals surface area contributed by atoms with E-state index in [1.165, 1.54) is 6.92 Å². The summed E-state index contributed by atoms with van der Waals surface area (Å²) >= 11 is 0. The number of hydrogen-bond donors (Lipinski definition) is 0. The summed E-state index contributed by atoms with van der Waals surface area (Å²) in [5.74, 6) is -0.130. The van der Waals surface area contributed by atoms with E-state index in [2.05, 4.69) is 20.0 Å². The lowest BCUT2D eigenvalue weighted by atomic mass is 10.3. The van der Waals surface area contributed by atoms with Gasteiger partial charge in [-0.2, -0.15) is 5.10 Å². The van der Waals surface area contributed by atoms with Gasteiger partial charge in [-0.15, -0.1) is 0 Å². The van der Waals surface area contributed by atoms with Crippen molar-refractivity contribution in [3.8, 4) is 0 Å². The minimum absolute atomic E-state index is 0.130. The van der Waals surface area contributed by atoms with Crippen LogP contribution in [0.2, 0.25) is 0 Å². The monoisotopic (exact) mass is 271 g/mol. The number of imidazole rings is 1. The third-order valence-corrected chi connectivity index (χ3v) is 3.35. The SMILES string of the molecule is CC(=O)N=C1CCN(c2cc(C)nn3cc(C)nc23)C1. The second kappa shape index (κ2) is 4.70. The minimum Gasteiger partial charge on any atom is -0.362 e. The number of amides is 1. The van der Waals surface area contributed by atoms with Gasteiger partial charge in [0, 0.05) is 25.6 Å². The normalized spacial score (nSPS) is 17.4. The molecule has 0 radical (unpaired) electrons. The second-order valence-electron chi connectivity index (χ2n) is 5.19. The summed E-state index contributed by atoms with van der Waals surface area (Å²) < 4.78 is 1.82. The van der Waals surface area contributed by atoms with Gasteiger partial charge in [0.25, 0.3) is 0 Å². The predicted octanol–water partition coefficient (Wildman–Crippen LogP) is 1.54. The van der Waals surface area contributed by atoms with E-state index in [0.29, 0.717) is 6.54 Å². The first kappa shape index (κ1) is 12.8. The Labute approximate surface area is 117 Å². The Morgan fingerprint density at radius 3 is 2.90 bits per heavy atom. The van der Waals surface area contributed by atoms with Crippen molar-refractivity contribution < 1.29 is 4.79 Å². The molecule has 3 rings (SSSR count). The van der Waals surface area contributed by atoms with Crippen LogP contribution in [0.25, 0.3) is 5.65 Å². The lowest BCUT2D eigenvalue weighted by molar-refractivity contribution is -0.115. The third kappa shape index (κ3) is 2.29. The van der Waals surface area contributed by atoms with E-state index in [1.54, 1.807) is 0 Å². The van der Waals surface area contributed by atoms with Crippen molar-refractivity contribution in [2.45, 2.75) is 27.2 Å². The van der Waals surface area contributed by atoms with Gasteiger partial charge < -0.3 is 4.90 Å². The van der Waals surface area contributed by atoms with Crippen molar-refractivity contribution in [1.29, 1.82) is 0 Å². The van der Waals surface area contributed by atoms with Crippen molar-refractivity contribution in [1.82, 2.24) is 14.6 Å². The van der Waals surface area contributed by atoms with Gasteiger partial charge in [0.15, 0.2) is 5.65 Å². The van der Waals surface area contributed by atoms with E-state index >= 15 is 0 Å². The number of carbonyl (C=O) groups is 1. The first-order valence-corrected chi connectivity index (χ1v) is 6.68. The van der Waals surface area contributed by atoms with Gasteiger partial charge in [-0.1, -0.05) is 0 Å². The fourth-order valence-corrected chi connectivity index (χ4v) is 2.59. The van der Waals surface area contributed by atoms with Crippen LogP contribution in [0.5, 0.6) is 0 Å². The summed E-state index contributed by atoms with van der Waals surface area (Å²) in [6, 6.07) is 2.04. The van der Waals surface area contributed by atoms with Crippen molar-refractivity contribution in [2.24, 2.45) is 4.99 Å². The summed E-state index contributed by atoms with van der Waals surface area (Å²) in [6.45, 7) is 6.96. The molecule has 1 aliphatic heterocycles. The molecule has 1 amide bonds. The standard InChI is InChI=1S/C14H17N5O/c1-9-6-13(14-15-10(2)7-19(14)17-9)18-5-4-12(8-18)16-11(3)20/h6-7H,4-5,8H2,1-3H3. The molecular formula is C14H17N5O. The van der Waals surface area contributed by atoms with Gasteiger partial charge in [0.2, 0.25) is 5.91 Å². The van der Waals surface area contributed by atoms with Crippen molar-refractivity contribution >= 4 is 23.0 Å². The summed E-state index contributed by atoms with van der Waals surface area (Å²) in [7, 11) is 0. The largest absolute Gasteiger partial charge is 0.362 e. The van der Waals surface area contributed by atoms with Gasteiger partial charge in [-0.05, 0) is 19.9 Å². The van der Waals surface area contributed by atoms with E-state index in [4.69, 9.17) is 0 Å². The molecule has 0 saturated carbocycles. The van der Waals surface area contributed by atoms with E-state index in [9.17, 15) is 4.79 Å². The Bertz CT molecular complexity index is 716. The lowest BCUT2D eigenvalue weighted by Crippen LogP contribution is -2.21. The van der Waals surface area contributed by atoms with E-state index in [0.717, 1.165) is 41.4 Å². The van der Waals surface area contributed by atoms with Crippen LogP contribution in [0.15, 0.2) is 17.3 Å². The number of anilines is 1. The molecular weight excluding hydrogens is 254 g/mol. The topological polar surface area (TPSA) is 62.9 Å². The van der Waals surface area contributed by atoms with E-state index < -0.39 is 0 Å². The third-order valence-electron chi connectivity index (χ3n) is 3.35. The summed E-state index contributed by atoms with van der Waals surface area (Å²) in [5, 5.41) is 4.44. The highest BCUT2D eigenvalue weighted by atomic mass is 16.1. The molecule has 0 bridgehead atoms. The van der Waals surface area contributed by atoms with Crippen molar-refractivity contribution in [3.05, 3.63) is 23.7 Å². The van der Waals surface area contributed by atoms with Gasteiger partial charge in [-0.25, -0.2) is 14.5 Å². The molecule has 20 heavy (non-hydrogen) atoms. The number of carbonyl (C=O) groups excluding carboxylic acids is 1. The zero-order chi connectivity index (χ0) is 14.3. The molecule has 6 nitrogen and oxygen atoms in total. The maximum absolute atomic E-state index is 11.1. The van der Waals surface area contributed by atoms with Crippen LogP contribution in [-0.4, -0.2) is 39.3 Å². The average Bonchev–Trinajstić information content (AvgIpc) is 2.93. The maximum Gasteiger partial charge on any atom is 0.242 e. The first-order chi connectivity index (χ1) is 9.52. The summed E-state index contributed by atoms with van der Waals surface area (Å²) in [5.41, 5.74) is 4.74. The molecule has 1 saturated heterocycles. The number of hydrogen-bond acceptors (Lipinski definition) is 4. The van der Waals surface area contributed by atoms with Crippen LogP contribution in [0.4, 0.5) is 5.69 Å². The molecule has 0 unspecified atom stereocenters. The molecule has 1 fully saturated rings. The van der Waals surface area contributed by atoms with Crippen LogP contribution < -0.4 is 4.90 Å². The molecule has 0 aromatic carbocycles. The molecule has 6 heteroatoms. The predicted molar refractivity (Wildman–Crippen MR) is 77.4 cm³/mol. The molecule has 1 aliphatic rings. The van der Waals surface area contributed by atoms with E-state index in [-0.39, 0.29) is 5.91 Å². The van der Waals surface area contributed by atoms with Crippen LogP contribution in [0.1, 0.15) is 24.7 Å². The Kier molecular flexibility index (Phi) is 3.00. The van der Waals surface area contributed by atoms with Crippen LogP contribution in [-0.2, 0) is 4.79 Å². The van der Waals surface area contributed by atoms with Crippen molar-refractivity contribution in [3.63, 3.8) is 0 Å². The molecule has 2 aromatic rings. The Morgan fingerprint density at radius 2 is 2.15 bits per heavy atom. The highest BCUT2D eigenvalue weighted by Gasteiger charge is 2.22. The number of aliphatic imine (C=N–C) groups is 1. The van der Waals surface area contributed by atoms with E-state index in [1.807, 2.05) is 30.6 Å². The number of rotatable bonds is 1. The van der Waals surface area contributed by atoms with Crippen LogP contribution >= 0.6 is 0 Å². The van der Waals surface area contributed by atoms with Crippen LogP contribution in [0, 0.1) is 13.8 Å². The molecule has 104 valence electrons. The van der Waals surface area contributed by atoms with Crippen molar-refractivity contribution in [2.75, 3.05) is 18.0 Å². The smallest absolute Gasteiger partial charge is 0.242 e. The summed E-state index contributed by atoms with van der Waals surface area (Å²) in [6.07, 6.45) is 2.75. The summed E-state index contributed by atoms with van der Waals surface area (Å²) in [4.78, 5) is 21.9. The fraction of sp³-hybridized carbons (Fsp3) is 0.429. The number of aromatic nitrogens is 3. The number of fused-ring (bicyclic) bond motifs is 1. The second-order valence-corrected chi connectivity index (χ2v) is 5.19. The Hall–Kier alpha value is -2.24. The average molecular weight is 271 g/mol. The zero-order valence-electron chi connectivity index (χ0n) is 11.9. The molecule has 2 aromatic heterocycles.